The van der Waals surface area contributed by atoms with Gasteiger partial charge < -0.3 is 36.7 Å². The van der Waals surface area contributed by atoms with Crippen molar-refractivity contribution >= 4 is 0 Å². The number of unbranched alkanes of at least 4 members (excludes halogenated alkanes) is 2. The molecule has 4 aliphatic carbocycles. The van der Waals surface area contributed by atoms with Gasteiger partial charge in [-0.2, -0.15) is 0 Å². The maximum absolute atomic E-state index is 7.01. The van der Waals surface area contributed by atoms with Gasteiger partial charge in [0.15, 0.2) is 0 Å². The summed E-state index contributed by atoms with van der Waals surface area (Å²) in [4.78, 5) is 0. The highest BCUT2D eigenvalue weighted by Crippen LogP contribution is 2.69. The Hall–Kier alpha value is -0.280. The summed E-state index contributed by atoms with van der Waals surface area (Å²) in [5.41, 5.74) is 18.2. The smallest absolute Gasteiger partial charge is 0.0637 e. The van der Waals surface area contributed by atoms with Crippen LogP contribution in [-0.4, -0.2) is 70.9 Å². The molecule has 45 heavy (non-hydrogen) atoms. The van der Waals surface area contributed by atoms with E-state index in [9.17, 15) is 0 Å². The van der Waals surface area contributed by atoms with Crippen molar-refractivity contribution in [1.82, 2.24) is 5.32 Å². The topological polar surface area (TPSA) is 118 Å². The van der Waals surface area contributed by atoms with Crippen molar-refractivity contribution in [3.63, 3.8) is 0 Å². The second-order valence-electron chi connectivity index (χ2n) is 16.1. The molecule has 0 aromatic rings. The SMILES string of the molecule is CCCCCNCCCC(C)C1CC[C@H]2C3[C@H](OCCCN)CC4C[C@H](OCCCN)CC[C@]4(C)[C@H]3C[C@H](OCCCN)[C@]12C. The Morgan fingerprint density at radius 2 is 1.44 bits per heavy atom. The van der Waals surface area contributed by atoms with Crippen molar-refractivity contribution in [2.45, 2.75) is 142 Å². The van der Waals surface area contributed by atoms with E-state index >= 15 is 0 Å². The number of nitrogens with two attached hydrogens (primary N) is 3. The highest BCUT2D eigenvalue weighted by Gasteiger charge is 2.66. The van der Waals surface area contributed by atoms with Crippen LogP contribution in [0.4, 0.5) is 0 Å². The monoisotopic (exact) mass is 635 g/mol. The molecule has 4 saturated carbocycles. The summed E-state index contributed by atoms with van der Waals surface area (Å²) in [5, 5.41) is 3.71. The van der Waals surface area contributed by atoms with Gasteiger partial charge in [-0.1, -0.05) is 40.5 Å². The van der Waals surface area contributed by atoms with Crippen LogP contribution in [0.1, 0.15) is 124 Å². The molecule has 0 amide bonds. The first-order valence-corrected chi connectivity index (χ1v) is 19.5. The first-order valence-electron chi connectivity index (χ1n) is 19.5. The van der Waals surface area contributed by atoms with Crippen LogP contribution in [0.3, 0.4) is 0 Å². The molecule has 4 unspecified atom stereocenters. The van der Waals surface area contributed by atoms with Gasteiger partial charge in [0.2, 0.25) is 0 Å². The zero-order valence-corrected chi connectivity index (χ0v) is 29.9. The van der Waals surface area contributed by atoms with Gasteiger partial charge >= 0.3 is 0 Å². The van der Waals surface area contributed by atoms with Crippen molar-refractivity contribution in [2.24, 2.45) is 63.5 Å². The largest absolute Gasteiger partial charge is 0.378 e. The number of fused-ring (bicyclic) bond motifs is 5. The zero-order chi connectivity index (χ0) is 32.3. The third kappa shape index (κ3) is 8.85. The lowest BCUT2D eigenvalue weighted by Gasteiger charge is -2.65. The second kappa shape index (κ2) is 18.5. The lowest BCUT2D eigenvalue weighted by Crippen LogP contribution is -2.63. The van der Waals surface area contributed by atoms with E-state index in [0.29, 0.717) is 78.9 Å². The Balaban J connectivity index is 1.54. The molecule has 7 N–H and O–H groups in total. The van der Waals surface area contributed by atoms with E-state index < -0.39 is 0 Å². The average Bonchev–Trinajstić information content (AvgIpc) is 3.39. The second-order valence-corrected chi connectivity index (χ2v) is 16.1. The standard InChI is InChI=1S/C38H74N4O3/c1-5-6-7-20-42-21-8-12-28(2)31-13-14-32-36-33(27-35(38(31,32)4)45-24-11-19-41)37(3)16-15-30(43-22-9-17-39)25-29(37)26-34(36)44-23-10-18-40/h28-36,42H,5-27,39-41H2,1-4H3/t28?,29?,30-,31?,32+,33+,34-,35+,36?,37+,38-/m1/s1. The third-order valence-corrected chi connectivity index (χ3v) is 13.5. The Labute approximate surface area is 277 Å². The van der Waals surface area contributed by atoms with E-state index in [-0.39, 0.29) is 5.41 Å². The molecule has 11 atom stereocenters. The Morgan fingerprint density at radius 1 is 0.756 bits per heavy atom. The van der Waals surface area contributed by atoms with Gasteiger partial charge in [-0.25, -0.2) is 0 Å². The molecule has 0 aliphatic heterocycles. The van der Waals surface area contributed by atoms with Crippen molar-refractivity contribution < 1.29 is 14.2 Å². The Morgan fingerprint density at radius 3 is 2.16 bits per heavy atom. The molecular weight excluding hydrogens is 560 g/mol. The van der Waals surface area contributed by atoms with Gasteiger partial charge in [0.1, 0.15) is 0 Å². The van der Waals surface area contributed by atoms with E-state index in [1.165, 1.54) is 70.6 Å². The van der Waals surface area contributed by atoms with Gasteiger partial charge in [0.25, 0.3) is 0 Å². The van der Waals surface area contributed by atoms with Gasteiger partial charge in [-0.05, 0) is 157 Å². The predicted octanol–water partition coefficient (Wildman–Crippen LogP) is 6.26. The molecule has 0 aromatic carbocycles. The summed E-state index contributed by atoms with van der Waals surface area (Å²) in [6.07, 6.45) is 18.9. The summed E-state index contributed by atoms with van der Waals surface area (Å²) in [6.45, 7) is 16.9. The van der Waals surface area contributed by atoms with Gasteiger partial charge in [0.05, 0.1) is 18.3 Å². The summed E-state index contributed by atoms with van der Waals surface area (Å²) in [5.74, 6) is 3.93. The maximum atomic E-state index is 7.01. The van der Waals surface area contributed by atoms with Crippen molar-refractivity contribution in [2.75, 3.05) is 52.5 Å². The quantitative estimate of drug-likeness (QED) is 0.110. The lowest BCUT2D eigenvalue weighted by atomic mass is 9.43. The minimum absolute atomic E-state index is 0.185. The van der Waals surface area contributed by atoms with Crippen LogP contribution in [0.5, 0.6) is 0 Å². The van der Waals surface area contributed by atoms with Crippen LogP contribution in [0.25, 0.3) is 0 Å². The molecule has 4 fully saturated rings. The molecule has 4 aliphatic rings. The maximum Gasteiger partial charge on any atom is 0.0637 e. The minimum Gasteiger partial charge on any atom is -0.378 e. The Bertz CT molecular complexity index is 833. The summed E-state index contributed by atoms with van der Waals surface area (Å²) in [6, 6.07) is 0. The van der Waals surface area contributed by atoms with Crippen LogP contribution in [0.2, 0.25) is 0 Å². The van der Waals surface area contributed by atoms with Crippen LogP contribution >= 0.6 is 0 Å². The predicted molar refractivity (Wildman–Crippen MR) is 187 cm³/mol. The minimum atomic E-state index is 0.185. The molecule has 264 valence electrons. The van der Waals surface area contributed by atoms with E-state index in [0.717, 1.165) is 58.6 Å². The van der Waals surface area contributed by atoms with Crippen molar-refractivity contribution in [1.29, 1.82) is 0 Å². The molecule has 0 aromatic heterocycles. The normalized spacial score (nSPS) is 38.5. The zero-order valence-electron chi connectivity index (χ0n) is 29.9. The Kier molecular flexibility index (Phi) is 15.4. The molecule has 0 saturated heterocycles. The highest BCUT2D eigenvalue weighted by molar-refractivity contribution is 5.15. The third-order valence-electron chi connectivity index (χ3n) is 13.5. The number of hydrogen-bond donors (Lipinski definition) is 4. The lowest BCUT2D eigenvalue weighted by molar-refractivity contribution is -0.227. The van der Waals surface area contributed by atoms with Crippen molar-refractivity contribution in [3.8, 4) is 0 Å². The number of ether oxygens (including phenoxy) is 3. The summed E-state index contributed by atoms with van der Waals surface area (Å²) in [7, 11) is 0. The van der Waals surface area contributed by atoms with E-state index in [1.54, 1.807) is 0 Å². The van der Waals surface area contributed by atoms with Crippen LogP contribution < -0.4 is 22.5 Å². The fraction of sp³-hybridized carbons (Fsp3) is 1.00. The summed E-state index contributed by atoms with van der Waals surface area (Å²) < 4.78 is 20.3. The van der Waals surface area contributed by atoms with Crippen LogP contribution in [0.15, 0.2) is 0 Å². The molecule has 7 nitrogen and oxygen atoms in total. The molecular formula is C38H74N4O3. The van der Waals surface area contributed by atoms with Gasteiger partial charge in [0, 0.05) is 25.2 Å². The van der Waals surface area contributed by atoms with Crippen LogP contribution in [0, 0.1) is 46.3 Å². The molecule has 0 radical (unpaired) electrons. The average molecular weight is 635 g/mol. The first kappa shape index (κ1) is 37.5. The van der Waals surface area contributed by atoms with E-state index in [2.05, 4.69) is 33.0 Å². The fourth-order valence-corrected chi connectivity index (χ4v) is 11.0. The number of rotatable bonds is 21. The molecule has 0 heterocycles. The molecule has 4 rings (SSSR count). The van der Waals surface area contributed by atoms with Crippen molar-refractivity contribution in [3.05, 3.63) is 0 Å². The van der Waals surface area contributed by atoms with Gasteiger partial charge in [-0.3, -0.25) is 0 Å². The van der Waals surface area contributed by atoms with Gasteiger partial charge in [-0.15, -0.1) is 0 Å². The highest BCUT2D eigenvalue weighted by atomic mass is 16.5. The number of hydrogen-bond acceptors (Lipinski definition) is 7. The molecule has 0 spiro atoms. The molecule has 7 heteroatoms. The first-order chi connectivity index (χ1) is 21.8. The summed E-state index contributed by atoms with van der Waals surface area (Å²) >= 11 is 0. The number of nitrogens with one attached hydrogen (secondary N) is 1. The molecule has 0 bridgehead atoms. The van der Waals surface area contributed by atoms with E-state index in [4.69, 9.17) is 31.4 Å². The fourth-order valence-electron chi connectivity index (χ4n) is 11.0. The van der Waals surface area contributed by atoms with E-state index in [1.807, 2.05) is 0 Å². The van der Waals surface area contributed by atoms with Crippen LogP contribution in [-0.2, 0) is 14.2 Å².